The number of aryl methyl sites for hydroxylation is 1. The van der Waals surface area contributed by atoms with Crippen LogP contribution >= 0.6 is 15.9 Å². The van der Waals surface area contributed by atoms with Gasteiger partial charge >= 0.3 is 0 Å². The Morgan fingerprint density at radius 3 is 2.63 bits per heavy atom. The Bertz CT molecular complexity index is 700. The van der Waals surface area contributed by atoms with E-state index in [0.29, 0.717) is 6.61 Å². The molecule has 1 N–H and O–H groups in total. The van der Waals surface area contributed by atoms with Gasteiger partial charge in [0.25, 0.3) is 0 Å². The number of ether oxygens (including phenoxy) is 1. The highest BCUT2D eigenvalue weighted by Gasteiger charge is 2.02. The van der Waals surface area contributed by atoms with E-state index in [-0.39, 0.29) is 0 Å². The first-order valence-electron chi connectivity index (χ1n) is 6.17. The second kappa shape index (κ2) is 5.10. The minimum absolute atomic E-state index is 0.551. The van der Waals surface area contributed by atoms with Crippen LogP contribution in [-0.4, -0.2) is 4.98 Å². The van der Waals surface area contributed by atoms with Crippen LogP contribution in [0.5, 0.6) is 5.75 Å². The molecule has 0 amide bonds. The molecule has 3 heteroatoms. The monoisotopic (exact) mass is 315 g/mol. The number of H-pyrrole nitrogens is 1. The molecule has 0 saturated heterocycles. The number of hydrogen-bond donors (Lipinski definition) is 1. The summed E-state index contributed by atoms with van der Waals surface area (Å²) in [6.07, 6.45) is 0. The van der Waals surface area contributed by atoms with Gasteiger partial charge in [0.1, 0.15) is 12.4 Å². The standard InChI is InChI=1S/C16H14BrNO/c1-11-2-7-16-12(8-11)9-14(18-16)10-19-15-5-3-13(17)4-6-15/h2-9,18H,10H2,1H3. The Morgan fingerprint density at radius 2 is 1.84 bits per heavy atom. The van der Waals surface area contributed by atoms with Crippen LogP contribution in [0, 0.1) is 6.92 Å². The van der Waals surface area contributed by atoms with Gasteiger partial charge < -0.3 is 9.72 Å². The molecule has 19 heavy (non-hydrogen) atoms. The third kappa shape index (κ3) is 2.82. The molecule has 2 nitrogen and oxygen atoms in total. The van der Waals surface area contributed by atoms with Crippen LogP contribution in [0.4, 0.5) is 0 Å². The zero-order valence-electron chi connectivity index (χ0n) is 10.6. The molecule has 0 fully saturated rings. The summed E-state index contributed by atoms with van der Waals surface area (Å²) in [5.74, 6) is 0.873. The lowest BCUT2D eigenvalue weighted by Crippen LogP contribution is -1.94. The number of aromatic amines is 1. The maximum Gasteiger partial charge on any atom is 0.128 e. The molecule has 96 valence electrons. The lowest BCUT2D eigenvalue weighted by atomic mass is 10.2. The van der Waals surface area contributed by atoms with Gasteiger partial charge in [-0.1, -0.05) is 27.6 Å². The zero-order valence-corrected chi connectivity index (χ0v) is 12.2. The van der Waals surface area contributed by atoms with E-state index in [9.17, 15) is 0 Å². The zero-order chi connectivity index (χ0) is 13.2. The molecule has 0 unspecified atom stereocenters. The third-order valence-electron chi connectivity index (χ3n) is 3.04. The van der Waals surface area contributed by atoms with Crippen molar-refractivity contribution >= 4 is 26.8 Å². The molecule has 0 bridgehead atoms. The van der Waals surface area contributed by atoms with Crippen LogP contribution in [0.2, 0.25) is 0 Å². The summed E-state index contributed by atoms with van der Waals surface area (Å²) in [6, 6.07) is 16.4. The van der Waals surface area contributed by atoms with Crippen LogP contribution < -0.4 is 4.74 Å². The second-order valence-electron chi connectivity index (χ2n) is 4.63. The fourth-order valence-electron chi connectivity index (χ4n) is 2.08. The number of hydrogen-bond acceptors (Lipinski definition) is 1. The van der Waals surface area contributed by atoms with Gasteiger partial charge in [0, 0.05) is 15.4 Å². The average molecular weight is 316 g/mol. The van der Waals surface area contributed by atoms with Crippen molar-refractivity contribution < 1.29 is 4.74 Å². The first kappa shape index (κ1) is 12.3. The van der Waals surface area contributed by atoms with Crippen molar-refractivity contribution in [3.05, 3.63) is 64.3 Å². The molecule has 1 heterocycles. The van der Waals surface area contributed by atoms with Crippen molar-refractivity contribution in [3.8, 4) is 5.75 Å². The van der Waals surface area contributed by atoms with E-state index in [1.165, 1.54) is 10.9 Å². The molecule has 0 aliphatic rings. The van der Waals surface area contributed by atoms with Gasteiger partial charge in [-0.2, -0.15) is 0 Å². The highest BCUT2D eigenvalue weighted by molar-refractivity contribution is 9.10. The fourth-order valence-corrected chi connectivity index (χ4v) is 2.35. The third-order valence-corrected chi connectivity index (χ3v) is 3.57. The summed E-state index contributed by atoms with van der Waals surface area (Å²) in [6.45, 7) is 2.65. The van der Waals surface area contributed by atoms with E-state index in [2.05, 4.69) is 52.1 Å². The maximum absolute atomic E-state index is 5.75. The van der Waals surface area contributed by atoms with Crippen molar-refractivity contribution in [3.63, 3.8) is 0 Å². The van der Waals surface area contributed by atoms with Crippen molar-refractivity contribution in [2.45, 2.75) is 13.5 Å². The number of aromatic nitrogens is 1. The Morgan fingerprint density at radius 1 is 1.05 bits per heavy atom. The molecule has 3 rings (SSSR count). The van der Waals surface area contributed by atoms with E-state index in [4.69, 9.17) is 4.74 Å². The summed E-state index contributed by atoms with van der Waals surface area (Å²) < 4.78 is 6.81. The van der Waals surface area contributed by atoms with Crippen molar-refractivity contribution in [2.24, 2.45) is 0 Å². The predicted molar refractivity (Wildman–Crippen MR) is 81.5 cm³/mol. The van der Waals surface area contributed by atoms with Gasteiger partial charge in [-0.25, -0.2) is 0 Å². The minimum atomic E-state index is 0.551. The van der Waals surface area contributed by atoms with E-state index in [0.717, 1.165) is 21.4 Å². The SMILES string of the molecule is Cc1ccc2[nH]c(COc3ccc(Br)cc3)cc2c1. The lowest BCUT2D eigenvalue weighted by molar-refractivity contribution is 0.302. The van der Waals surface area contributed by atoms with E-state index in [1.54, 1.807) is 0 Å². The van der Waals surface area contributed by atoms with E-state index in [1.807, 2.05) is 24.3 Å². The van der Waals surface area contributed by atoms with Gasteiger partial charge in [0.2, 0.25) is 0 Å². The fraction of sp³-hybridized carbons (Fsp3) is 0.125. The number of nitrogens with one attached hydrogen (secondary N) is 1. The molecule has 1 aromatic heterocycles. The van der Waals surface area contributed by atoms with Crippen molar-refractivity contribution in [1.29, 1.82) is 0 Å². The number of halogens is 1. The van der Waals surface area contributed by atoms with Crippen LogP contribution in [0.1, 0.15) is 11.3 Å². The Kier molecular flexibility index (Phi) is 3.30. The van der Waals surface area contributed by atoms with Gasteiger partial charge in [0.05, 0.1) is 5.69 Å². The molecule has 0 atom stereocenters. The Labute approximate surface area is 120 Å². The van der Waals surface area contributed by atoms with Crippen LogP contribution in [0.3, 0.4) is 0 Å². The smallest absolute Gasteiger partial charge is 0.128 e. The predicted octanol–water partition coefficient (Wildman–Crippen LogP) is 4.82. The summed E-state index contributed by atoms with van der Waals surface area (Å²) in [4.78, 5) is 3.37. The molecule has 0 radical (unpaired) electrons. The molecule has 2 aromatic carbocycles. The highest BCUT2D eigenvalue weighted by Crippen LogP contribution is 2.20. The molecular formula is C16H14BrNO. The van der Waals surface area contributed by atoms with Crippen molar-refractivity contribution in [1.82, 2.24) is 4.98 Å². The van der Waals surface area contributed by atoms with E-state index >= 15 is 0 Å². The summed E-state index contributed by atoms with van der Waals surface area (Å²) >= 11 is 3.41. The Balaban J connectivity index is 1.76. The topological polar surface area (TPSA) is 25.0 Å². The molecule has 0 aliphatic heterocycles. The molecule has 0 aliphatic carbocycles. The minimum Gasteiger partial charge on any atom is -0.487 e. The molecular weight excluding hydrogens is 302 g/mol. The summed E-state index contributed by atoms with van der Waals surface area (Å²) in [7, 11) is 0. The second-order valence-corrected chi connectivity index (χ2v) is 5.54. The molecule has 0 spiro atoms. The quantitative estimate of drug-likeness (QED) is 0.736. The normalized spacial score (nSPS) is 10.8. The maximum atomic E-state index is 5.75. The molecule has 3 aromatic rings. The van der Waals surface area contributed by atoms with Gasteiger partial charge in [0.15, 0.2) is 0 Å². The van der Waals surface area contributed by atoms with Crippen molar-refractivity contribution in [2.75, 3.05) is 0 Å². The largest absolute Gasteiger partial charge is 0.487 e. The summed E-state index contributed by atoms with van der Waals surface area (Å²) in [5, 5.41) is 1.23. The van der Waals surface area contributed by atoms with Crippen LogP contribution in [-0.2, 0) is 6.61 Å². The Hall–Kier alpha value is -1.74. The average Bonchev–Trinajstić information content (AvgIpc) is 2.80. The number of rotatable bonds is 3. The molecule has 0 saturated carbocycles. The lowest BCUT2D eigenvalue weighted by Gasteiger charge is -2.04. The van der Waals surface area contributed by atoms with E-state index < -0.39 is 0 Å². The van der Waals surface area contributed by atoms with Gasteiger partial charge in [-0.15, -0.1) is 0 Å². The highest BCUT2D eigenvalue weighted by atomic mass is 79.9. The van der Waals surface area contributed by atoms with Gasteiger partial charge in [-0.05, 0) is 49.4 Å². The van der Waals surface area contributed by atoms with Gasteiger partial charge in [-0.3, -0.25) is 0 Å². The number of fused-ring (bicyclic) bond motifs is 1. The van der Waals surface area contributed by atoms with Crippen LogP contribution in [0.15, 0.2) is 53.0 Å². The first-order chi connectivity index (χ1) is 9.20. The first-order valence-corrected chi connectivity index (χ1v) is 6.97. The number of benzene rings is 2. The van der Waals surface area contributed by atoms with Crippen LogP contribution in [0.25, 0.3) is 10.9 Å². The summed E-state index contributed by atoms with van der Waals surface area (Å²) in [5.41, 5.74) is 3.51.